The van der Waals surface area contributed by atoms with E-state index < -0.39 is 14.6 Å². The van der Waals surface area contributed by atoms with Gasteiger partial charge in [-0.2, -0.15) is 0 Å². The van der Waals surface area contributed by atoms with E-state index in [1.807, 2.05) is 6.92 Å². The normalized spacial score (nSPS) is 18.6. The van der Waals surface area contributed by atoms with Gasteiger partial charge in [-0.15, -0.1) is 0 Å². The van der Waals surface area contributed by atoms with Crippen LogP contribution in [0.4, 0.5) is 5.69 Å². The molecule has 2 aliphatic rings. The molecule has 0 N–H and O–H groups in total. The Morgan fingerprint density at radius 2 is 1.52 bits per heavy atom. The van der Waals surface area contributed by atoms with Gasteiger partial charge in [0.05, 0.1) is 4.90 Å². The molecule has 2 fully saturated rings. The average Bonchev–Trinajstić information content (AvgIpc) is 3.53. The van der Waals surface area contributed by atoms with Gasteiger partial charge in [-0.05, 0) is 62.9 Å². The van der Waals surface area contributed by atoms with Crippen LogP contribution < -0.4 is 4.90 Å². The molecule has 1 heterocycles. The summed E-state index contributed by atoms with van der Waals surface area (Å²) in [7, 11) is -3.68. The highest BCUT2D eigenvalue weighted by Crippen LogP contribution is 2.48. The summed E-state index contributed by atoms with van der Waals surface area (Å²) in [6.07, 6.45) is 0.832. The van der Waals surface area contributed by atoms with E-state index >= 15 is 0 Å². The quantitative estimate of drug-likeness (QED) is 0.773. The van der Waals surface area contributed by atoms with E-state index in [4.69, 9.17) is 0 Å². The number of nitrogens with zero attached hydrogens (tertiary/aromatic N) is 2. The molecule has 4 rings (SSSR count). The van der Waals surface area contributed by atoms with Crippen molar-refractivity contribution in [2.24, 2.45) is 0 Å². The monoisotopic (exact) mass is 412 g/mol. The van der Waals surface area contributed by atoms with Crippen molar-refractivity contribution in [3.05, 3.63) is 59.2 Å². The summed E-state index contributed by atoms with van der Waals surface area (Å²) in [6.45, 7) is 8.69. The lowest BCUT2D eigenvalue weighted by Crippen LogP contribution is -2.53. The smallest absolute Gasteiger partial charge is 0.244 e. The van der Waals surface area contributed by atoms with Gasteiger partial charge >= 0.3 is 0 Å². The molecule has 2 aromatic rings. The Kier molecular flexibility index (Phi) is 4.93. The molecule has 1 saturated carbocycles. The van der Waals surface area contributed by atoms with Crippen LogP contribution in [0.5, 0.6) is 0 Å². The molecular formula is C23H28N2O3S. The molecule has 0 spiro atoms. The van der Waals surface area contributed by atoms with Crippen molar-refractivity contribution in [3.63, 3.8) is 0 Å². The van der Waals surface area contributed by atoms with Crippen molar-refractivity contribution in [1.29, 1.82) is 0 Å². The van der Waals surface area contributed by atoms with Crippen molar-refractivity contribution in [3.8, 4) is 0 Å². The lowest BCUT2D eigenvalue weighted by Gasteiger charge is -2.38. The van der Waals surface area contributed by atoms with Crippen molar-refractivity contribution in [2.75, 3.05) is 31.1 Å². The van der Waals surface area contributed by atoms with Crippen LogP contribution in [0.1, 0.15) is 29.5 Å². The van der Waals surface area contributed by atoms with Crippen LogP contribution in [0.15, 0.2) is 47.4 Å². The second-order valence-corrected chi connectivity index (χ2v) is 10.6. The first-order chi connectivity index (χ1) is 13.8. The third-order valence-electron chi connectivity index (χ3n) is 6.42. The summed E-state index contributed by atoms with van der Waals surface area (Å²) in [6, 6.07) is 13.1. The molecule has 1 amide bonds. The molecule has 0 radical (unpaired) electrons. The van der Waals surface area contributed by atoms with E-state index in [1.54, 1.807) is 29.2 Å². The predicted molar refractivity (Wildman–Crippen MR) is 115 cm³/mol. The first-order valence-electron chi connectivity index (χ1n) is 10.2. The third kappa shape index (κ3) is 3.33. The van der Waals surface area contributed by atoms with Gasteiger partial charge in [-0.3, -0.25) is 4.79 Å². The molecule has 29 heavy (non-hydrogen) atoms. The maximum atomic E-state index is 13.3. The number of carbonyl (C=O) groups excluding carboxylic acids is 1. The molecule has 1 saturated heterocycles. The lowest BCUT2D eigenvalue weighted by atomic mass is 10.1. The number of rotatable bonds is 4. The van der Waals surface area contributed by atoms with Crippen LogP contribution in [0, 0.1) is 20.8 Å². The summed E-state index contributed by atoms with van der Waals surface area (Å²) in [5.74, 6) is -0.223. The number of hydrogen-bond donors (Lipinski definition) is 0. The van der Waals surface area contributed by atoms with Crippen LogP contribution in [-0.2, 0) is 14.6 Å². The van der Waals surface area contributed by atoms with E-state index in [9.17, 15) is 13.2 Å². The van der Waals surface area contributed by atoms with E-state index in [2.05, 4.69) is 36.9 Å². The summed E-state index contributed by atoms with van der Waals surface area (Å²) in [5, 5.41) is 0. The van der Waals surface area contributed by atoms with E-state index in [1.165, 1.54) is 16.8 Å². The zero-order valence-electron chi connectivity index (χ0n) is 17.3. The minimum atomic E-state index is -3.68. The molecule has 6 heteroatoms. The first kappa shape index (κ1) is 20.0. The number of piperazine rings is 1. The number of anilines is 1. The Morgan fingerprint density at radius 3 is 2.10 bits per heavy atom. The second kappa shape index (κ2) is 7.17. The van der Waals surface area contributed by atoms with Crippen molar-refractivity contribution >= 4 is 21.4 Å². The standard InChI is InChI=1S/C23H28N2O3S/c1-17-7-9-20(10-8-17)29(27,28)23(11-12-23)22(26)25-15-13-24(14-16-25)21-6-4-5-18(2)19(21)3/h4-10H,11-16H2,1-3H3. The number of hydrogen-bond acceptors (Lipinski definition) is 4. The molecule has 0 unspecified atom stereocenters. The Labute approximate surface area is 173 Å². The SMILES string of the molecule is Cc1ccc(S(=O)(=O)C2(C(=O)N3CCN(c4cccc(C)c4C)CC3)CC2)cc1. The summed E-state index contributed by atoms with van der Waals surface area (Å²) in [4.78, 5) is 17.6. The van der Waals surface area contributed by atoms with E-state index in [-0.39, 0.29) is 10.8 Å². The summed E-state index contributed by atoms with van der Waals surface area (Å²) in [5.41, 5.74) is 4.71. The highest BCUT2D eigenvalue weighted by atomic mass is 32.2. The van der Waals surface area contributed by atoms with Crippen LogP contribution in [-0.4, -0.2) is 50.2 Å². The van der Waals surface area contributed by atoms with E-state index in [0.29, 0.717) is 25.9 Å². The van der Waals surface area contributed by atoms with Gasteiger partial charge in [0.1, 0.15) is 0 Å². The minimum Gasteiger partial charge on any atom is -0.368 e. The highest BCUT2D eigenvalue weighted by Gasteiger charge is 2.62. The number of sulfone groups is 1. The van der Waals surface area contributed by atoms with Crippen LogP contribution >= 0.6 is 0 Å². The van der Waals surface area contributed by atoms with E-state index in [0.717, 1.165) is 18.7 Å². The fourth-order valence-corrected chi connectivity index (χ4v) is 6.11. The predicted octanol–water partition coefficient (Wildman–Crippen LogP) is 3.27. The fourth-order valence-electron chi connectivity index (χ4n) is 4.17. The fraction of sp³-hybridized carbons (Fsp3) is 0.435. The minimum absolute atomic E-state index is 0.223. The zero-order valence-corrected chi connectivity index (χ0v) is 18.1. The van der Waals surface area contributed by atoms with Gasteiger partial charge in [0.2, 0.25) is 5.91 Å². The summed E-state index contributed by atoms with van der Waals surface area (Å²) >= 11 is 0. The second-order valence-electron chi connectivity index (χ2n) is 8.31. The number of carbonyl (C=O) groups is 1. The van der Waals surface area contributed by atoms with Gasteiger partial charge in [0, 0.05) is 31.9 Å². The molecule has 0 aromatic heterocycles. The highest BCUT2D eigenvalue weighted by molar-refractivity contribution is 7.94. The third-order valence-corrected chi connectivity index (χ3v) is 8.93. The van der Waals surface area contributed by atoms with Gasteiger partial charge in [-0.1, -0.05) is 29.8 Å². The van der Waals surface area contributed by atoms with Gasteiger partial charge in [0.15, 0.2) is 14.6 Å². The Balaban J connectivity index is 1.50. The molecule has 0 bridgehead atoms. The van der Waals surface area contributed by atoms with Crippen molar-refractivity contribution < 1.29 is 13.2 Å². The van der Waals surface area contributed by atoms with Crippen LogP contribution in [0.3, 0.4) is 0 Å². The Hall–Kier alpha value is -2.34. The number of aryl methyl sites for hydroxylation is 2. The number of benzene rings is 2. The summed E-state index contributed by atoms with van der Waals surface area (Å²) < 4.78 is 25.2. The van der Waals surface area contributed by atoms with Crippen LogP contribution in [0.25, 0.3) is 0 Å². The molecular weight excluding hydrogens is 384 g/mol. The largest absolute Gasteiger partial charge is 0.368 e. The Bertz CT molecular complexity index is 1030. The molecule has 154 valence electrons. The topological polar surface area (TPSA) is 57.7 Å². The average molecular weight is 413 g/mol. The zero-order chi connectivity index (χ0) is 20.8. The van der Waals surface area contributed by atoms with Crippen molar-refractivity contribution in [1.82, 2.24) is 4.90 Å². The maximum absolute atomic E-state index is 13.3. The maximum Gasteiger partial charge on any atom is 0.244 e. The lowest BCUT2D eigenvalue weighted by molar-refractivity contribution is -0.131. The molecule has 1 aliphatic heterocycles. The van der Waals surface area contributed by atoms with Crippen LogP contribution in [0.2, 0.25) is 0 Å². The van der Waals surface area contributed by atoms with Gasteiger partial charge < -0.3 is 9.80 Å². The van der Waals surface area contributed by atoms with Gasteiger partial charge in [0.25, 0.3) is 0 Å². The number of amides is 1. The van der Waals surface area contributed by atoms with Gasteiger partial charge in [-0.25, -0.2) is 8.42 Å². The molecule has 1 aliphatic carbocycles. The Morgan fingerprint density at radius 1 is 0.897 bits per heavy atom. The van der Waals surface area contributed by atoms with Crippen molar-refractivity contribution in [2.45, 2.75) is 43.3 Å². The molecule has 0 atom stereocenters. The first-order valence-corrected chi connectivity index (χ1v) is 11.7. The molecule has 2 aromatic carbocycles. The molecule has 5 nitrogen and oxygen atoms in total.